The van der Waals surface area contributed by atoms with E-state index in [1.165, 1.54) is 11.3 Å². The zero-order valence-electron chi connectivity index (χ0n) is 9.20. The van der Waals surface area contributed by atoms with E-state index in [4.69, 9.17) is 0 Å². The second kappa shape index (κ2) is 4.61. The van der Waals surface area contributed by atoms with Crippen LogP contribution in [0.5, 0.6) is 0 Å². The Labute approximate surface area is 98.2 Å². The molecule has 0 aliphatic rings. The number of halogens is 1. The molecule has 1 aromatic heterocycles. The number of anilines is 1. The lowest BCUT2D eigenvalue weighted by Crippen LogP contribution is -2.06. The molecule has 0 saturated carbocycles. The maximum absolute atomic E-state index is 13.4. The average molecular weight is 236 g/mol. The predicted molar refractivity (Wildman–Crippen MR) is 65.3 cm³/mol. The molecule has 0 aliphatic heterocycles. The zero-order chi connectivity index (χ0) is 11.5. The number of hydrogen-bond donors (Lipinski definition) is 1. The highest BCUT2D eigenvalue weighted by atomic mass is 32.1. The Morgan fingerprint density at radius 1 is 1.44 bits per heavy atom. The van der Waals surface area contributed by atoms with Crippen LogP contribution >= 0.6 is 11.3 Å². The molecule has 0 fully saturated rings. The fourth-order valence-corrected chi connectivity index (χ4v) is 2.06. The lowest BCUT2D eigenvalue weighted by atomic mass is 10.1. The standard InChI is InChI=1S/C12H13FN2S/c1-8-3-4-10(7-11(8)13)9(2)15-12-14-5-6-16-12/h3-7,9H,1-2H3,(H,14,15). The molecular formula is C12H13FN2S. The molecule has 0 bridgehead atoms. The monoisotopic (exact) mass is 236 g/mol. The van der Waals surface area contributed by atoms with Crippen molar-refractivity contribution in [1.29, 1.82) is 0 Å². The summed E-state index contributed by atoms with van der Waals surface area (Å²) in [6.07, 6.45) is 1.75. The number of aryl methyl sites for hydroxylation is 1. The molecular weight excluding hydrogens is 223 g/mol. The van der Waals surface area contributed by atoms with Gasteiger partial charge in [0.05, 0.1) is 6.04 Å². The number of aromatic nitrogens is 1. The summed E-state index contributed by atoms with van der Waals surface area (Å²) in [5, 5.41) is 5.99. The Morgan fingerprint density at radius 2 is 2.25 bits per heavy atom. The van der Waals surface area contributed by atoms with Crippen molar-refractivity contribution in [2.45, 2.75) is 19.9 Å². The molecule has 0 saturated heterocycles. The van der Waals surface area contributed by atoms with E-state index in [0.29, 0.717) is 5.56 Å². The molecule has 0 radical (unpaired) electrons. The smallest absolute Gasteiger partial charge is 0.183 e. The van der Waals surface area contributed by atoms with Gasteiger partial charge < -0.3 is 5.32 Å². The van der Waals surface area contributed by atoms with Gasteiger partial charge in [0.25, 0.3) is 0 Å². The molecule has 1 aromatic carbocycles. The van der Waals surface area contributed by atoms with E-state index in [9.17, 15) is 4.39 Å². The van der Waals surface area contributed by atoms with Gasteiger partial charge in [-0.15, -0.1) is 11.3 Å². The summed E-state index contributed by atoms with van der Waals surface area (Å²) in [6.45, 7) is 3.75. The van der Waals surface area contributed by atoms with Crippen LogP contribution in [0.4, 0.5) is 9.52 Å². The lowest BCUT2D eigenvalue weighted by Gasteiger charge is -2.13. The molecule has 1 unspecified atom stereocenters. The summed E-state index contributed by atoms with van der Waals surface area (Å²) in [5.41, 5.74) is 1.60. The largest absolute Gasteiger partial charge is 0.355 e. The Bertz CT molecular complexity index is 468. The van der Waals surface area contributed by atoms with Crippen LogP contribution in [0.15, 0.2) is 29.8 Å². The fourth-order valence-electron chi connectivity index (χ4n) is 1.44. The van der Waals surface area contributed by atoms with Crippen LogP contribution in [0.1, 0.15) is 24.1 Å². The highest BCUT2D eigenvalue weighted by Gasteiger charge is 2.08. The van der Waals surface area contributed by atoms with E-state index < -0.39 is 0 Å². The van der Waals surface area contributed by atoms with Crippen molar-refractivity contribution >= 4 is 16.5 Å². The van der Waals surface area contributed by atoms with Crippen molar-refractivity contribution in [3.05, 3.63) is 46.7 Å². The molecule has 1 atom stereocenters. The van der Waals surface area contributed by atoms with Crippen molar-refractivity contribution in [3.63, 3.8) is 0 Å². The van der Waals surface area contributed by atoms with Crippen molar-refractivity contribution in [2.24, 2.45) is 0 Å². The van der Waals surface area contributed by atoms with E-state index >= 15 is 0 Å². The number of hydrogen-bond acceptors (Lipinski definition) is 3. The summed E-state index contributed by atoms with van der Waals surface area (Å²) in [6, 6.07) is 5.36. The Balaban J connectivity index is 2.14. The Kier molecular flexibility index (Phi) is 3.19. The van der Waals surface area contributed by atoms with Crippen LogP contribution in [-0.4, -0.2) is 4.98 Å². The number of nitrogens with one attached hydrogen (secondary N) is 1. The SMILES string of the molecule is Cc1ccc(C(C)Nc2nccs2)cc1F. The Morgan fingerprint density at radius 3 is 2.88 bits per heavy atom. The molecule has 1 heterocycles. The zero-order valence-corrected chi connectivity index (χ0v) is 10.0. The third-order valence-corrected chi connectivity index (χ3v) is 3.17. The van der Waals surface area contributed by atoms with E-state index in [1.54, 1.807) is 25.3 Å². The second-order valence-corrected chi connectivity index (χ2v) is 4.61. The van der Waals surface area contributed by atoms with Gasteiger partial charge in [0.2, 0.25) is 0 Å². The lowest BCUT2D eigenvalue weighted by molar-refractivity contribution is 0.614. The van der Waals surface area contributed by atoms with Gasteiger partial charge >= 0.3 is 0 Å². The minimum atomic E-state index is -0.162. The van der Waals surface area contributed by atoms with Crippen LogP contribution in [-0.2, 0) is 0 Å². The Hall–Kier alpha value is -1.42. The fraction of sp³-hybridized carbons (Fsp3) is 0.250. The summed E-state index contributed by atoms with van der Waals surface area (Å²) in [5.74, 6) is -0.162. The van der Waals surface area contributed by atoms with Gasteiger partial charge in [-0.25, -0.2) is 9.37 Å². The van der Waals surface area contributed by atoms with E-state index in [0.717, 1.165) is 10.7 Å². The van der Waals surface area contributed by atoms with Crippen LogP contribution in [0.2, 0.25) is 0 Å². The van der Waals surface area contributed by atoms with Gasteiger partial charge in [0.1, 0.15) is 5.82 Å². The maximum Gasteiger partial charge on any atom is 0.183 e. The predicted octanol–water partition coefficient (Wildman–Crippen LogP) is 3.76. The van der Waals surface area contributed by atoms with Gasteiger partial charge in [0, 0.05) is 11.6 Å². The molecule has 4 heteroatoms. The van der Waals surface area contributed by atoms with Crippen molar-refractivity contribution < 1.29 is 4.39 Å². The molecule has 0 amide bonds. The van der Waals surface area contributed by atoms with E-state index in [-0.39, 0.29) is 11.9 Å². The van der Waals surface area contributed by atoms with Gasteiger partial charge in [-0.05, 0) is 31.0 Å². The van der Waals surface area contributed by atoms with Crippen LogP contribution in [0.3, 0.4) is 0 Å². The molecule has 0 spiro atoms. The van der Waals surface area contributed by atoms with Gasteiger partial charge in [0.15, 0.2) is 5.13 Å². The van der Waals surface area contributed by atoms with Crippen LogP contribution in [0, 0.1) is 12.7 Å². The van der Waals surface area contributed by atoms with Crippen molar-refractivity contribution in [1.82, 2.24) is 4.98 Å². The van der Waals surface area contributed by atoms with E-state index in [1.807, 2.05) is 18.4 Å². The number of rotatable bonds is 3. The third kappa shape index (κ3) is 2.39. The minimum absolute atomic E-state index is 0.0567. The third-order valence-electron chi connectivity index (χ3n) is 2.47. The minimum Gasteiger partial charge on any atom is -0.355 e. The van der Waals surface area contributed by atoms with Crippen LogP contribution < -0.4 is 5.32 Å². The summed E-state index contributed by atoms with van der Waals surface area (Å²) in [4.78, 5) is 4.14. The molecule has 2 aromatic rings. The number of benzene rings is 1. The number of thiazole rings is 1. The first-order valence-corrected chi connectivity index (χ1v) is 5.97. The topological polar surface area (TPSA) is 24.9 Å². The maximum atomic E-state index is 13.4. The average Bonchev–Trinajstić information content (AvgIpc) is 2.74. The van der Waals surface area contributed by atoms with Crippen molar-refractivity contribution in [2.75, 3.05) is 5.32 Å². The second-order valence-electron chi connectivity index (χ2n) is 3.71. The first-order chi connectivity index (χ1) is 7.66. The summed E-state index contributed by atoms with van der Waals surface area (Å²) in [7, 11) is 0. The highest BCUT2D eigenvalue weighted by Crippen LogP contribution is 2.22. The van der Waals surface area contributed by atoms with Crippen molar-refractivity contribution in [3.8, 4) is 0 Å². The quantitative estimate of drug-likeness (QED) is 0.877. The molecule has 2 rings (SSSR count). The molecule has 0 aliphatic carbocycles. The molecule has 1 N–H and O–H groups in total. The van der Waals surface area contributed by atoms with Crippen LogP contribution in [0.25, 0.3) is 0 Å². The molecule has 84 valence electrons. The summed E-state index contributed by atoms with van der Waals surface area (Å²) < 4.78 is 13.4. The molecule has 2 nitrogen and oxygen atoms in total. The van der Waals surface area contributed by atoms with Gasteiger partial charge in [-0.1, -0.05) is 12.1 Å². The first kappa shape index (κ1) is 11.1. The van der Waals surface area contributed by atoms with E-state index in [2.05, 4.69) is 10.3 Å². The van der Waals surface area contributed by atoms with Gasteiger partial charge in [-0.3, -0.25) is 0 Å². The highest BCUT2D eigenvalue weighted by molar-refractivity contribution is 7.13. The normalized spacial score (nSPS) is 12.4. The number of nitrogens with zero attached hydrogens (tertiary/aromatic N) is 1. The molecule has 16 heavy (non-hydrogen) atoms. The first-order valence-electron chi connectivity index (χ1n) is 5.09. The van der Waals surface area contributed by atoms with Gasteiger partial charge in [-0.2, -0.15) is 0 Å². The summed E-state index contributed by atoms with van der Waals surface area (Å²) >= 11 is 1.54.